The average molecular weight is 224 g/mol. The molecule has 90 valence electrons. The molecule has 0 amide bonds. The zero-order valence-corrected chi connectivity index (χ0v) is 10.2. The number of hydrogen-bond donors (Lipinski definition) is 1. The number of benzene rings is 1. The molecule has 1 aromatic rings. The number of nitrogens with zero attached hydrogens (tertiary/aromatic N) is 1. The van der Waals surface area contributed by atoms with Crippen LogP contribution in [0.5, 0.6) is 0 Å². The molecule has 2 rings (SSSR count). The van der Waals surface area contributed by atoms with Crippen LogP contribution in [-0.2, 0) is 0 Å². The van der Waals surface area contributed by atoms with Crippen molar-refractivity contribution in [1.29, 1.82) is 0 Å². The molecule has 0 aromatic heterocycles. The molecule has 0 atom stereocenters. The molecule has 1 heterocycles. The van der Waals surface area contributed by atoms with Crippen molar-refractivity contribution in [2.45, 2.75) is 33.1 Å². The van der Waals surface area contributed by atoms with E-state index in [0.29, 0.717) is 11.4 Å². The van der Waals surface area contributed by atoms with E-state index in [4.69, 9.17) is 5.73 Å². The van der Waals surface area contributed by atoms with Gasteiger partial charge in [0.15, 0.2) is 0 Å². The van der Waals surface area contributed by atoms with Crippen LogP contribution in [-0.4, -0.2) is 13.1 Å². The number of nitrogen functional groups attached to an aromatic ring is 1. The van der Waals surface area contributed by atoms with Crippen LogP contribution in [0.4, 0.5) is 15.8 Å². The Bertz CT molecular complexity index is 299. The summed E-state index contributed by atoms with van der Waals surface area (Å²) >= 11 is 0. The van der Waals surface area contributed by atoms with Crippen LogP contribution < -0.4 is 10.6 Å². The lowest BCUT2D eigenvalue weighted by molar-refractivity contribution is 0.558. The van der Waals surface area contributed by atoms with Crippen molar-refractivity contribution in [3.05, 3.63) is 24.0 Å². The first kappa shape index (κ1) is 12.8. The van der Waals surface area contributed by atoms with Gasteiger partial charge in [-0.25, -0.2) is 4.39 Å². The summed E-state index contributed by atoms with van der Waals surface area (Å²) in [6, 6.07) is 4.88. The van der Waals surface area contributed by atoms with Gasteiger partial charge in [-0.05, 0) is 31.4 Å². The second kappa shape index (κ2) is 6.36. The summed E-state index contributed by atoms with van der Waals surface area (Å²) in [7, 11) is 0. The number of hydrogen-bond acceptors (Lipinski definition) is 2. The number of halogens is 1. The van der Waals surface area contributed by atoms with Crippen molar-refractivity contribution in [2.75, 3.05) is 23.7 Å². The Morgan fingerprint density at radius 3 is 2.31 bits per heavy atom. The quantitative estimate of drug-likeness (QED) is 0.740. The average Bonchev–Trinajstić information content (AvgIpc) is 2.33. The minimum Gasteiger partial charge on any atom is -0.397 e. The van der Waals surface area contributed by atoms with Gasteiger partial charge in [0, 0.05) is 13.1 Å². The van der Waals surface area contributed by atoms with Crippen LogP contribution in [0.15, 0.2) is 18.2 Å². The van der Waals surface area contributed by atoms with Crippen molar-refractivity contribution in [2.24, 2.45) is 0 Å². The second-order valence-corrected chi connectivity index (χ2v) is 3.73. The van der Waals surface area contributed by atoms with Crippen LogP contribution >= 0.6 is 0 Å². The van der Waals surface area contributed by atoms with Crippen molar-refractivity contribution >= 4 is 11.4 Å². The van der Waals surface area contributed by atoms with Crippen molar-refractivity contribution in [3.63, 3.8) is 0 Å². The Balaban J connectivity index is 0.000000606. The van der Waals surface area contributed by atoms with Crippen molar-refractivity contribution in [1.82, 2.24) is 0 Å². The fourth-order valence-electron chi connectivity index (χ4n) is 1.98. The zero-order valence-electron chi connectivity index (χ0n) is 10.2. The van der Waals surface area contributed by atoms with E-state index < -0.39 is 0 Å². The third-order valence-corrected chi connectivity index (χ3v) is 2.69. The number of rotatable bonds is 1. The highest BCUT2D eigenvalue weighted by Crippen LogP contribution is 2.28. The van der Waals surface area contributed by atoms with Crippen LogP contribution in [0, 0.1) is 5.82 Å². The van der Waals surface area contributed by atoms with Gasteiger partial charge in [0.05, 0.1) is 11.4 Å². The minimum absolute atomic E-state index is 0.202. The number of para-hydroxylation sites is 1. The Morgan fingerprint density at radius 2 is 1.75 bits per heavy atom. The normalized spacial score (nSPS) is 15.3. The van der Waals surface area contributed by atoms with Crippen LogP contribution in [0.3, 0.4) is 0 Å². The third-order valence-electron chi connectivity index (χ3n) is 2.69. The van der Waals surface area contributed by atoms with E-state index in [2.05, 4.69) is 0 Å². The molecule has 1 aliphatic rings. The standard InChI is InChI=1S/C11H15FN2.C2H6/c12-9-5-4-6-10(13)11(9)14-7-2-1-3-8-14;1-2/h4-6H,1-3,7-8,13H2;1-2H3. The molecule has 0 radical (unpaired) electrons. The van der Waals surface area contributed by atoms with Crippen LogP contribution in [0.1, 0.15) is 33.1 Å². The molecule has 0 spiro atoms. The van der Waals surface area contributed by atoms with Crippen LogP contribution in [0.25, 0.3) is 0 Å². The van der Waals surface area contributed by atoms with Gasteiger partial charge in [0.25, 0.3) is 0 Å². The summed E-state index contributed by atoms with van der Waals surface area (Å²) in [5, 5.41) is 0. The second-order valence-electron chi connectivity index (χ2n) is 3.73. The Morgan fingerprint density at radius 1 is 1.12 bits per heavy atom. The smallest absolute Gasteiger partial charge is 0.148 e. The monoisotopic (exact) mass is 224 g/mol. The SMILES string of the molecule is CC.Nc1cccc(F)c1N1CCCCC1. The Kier molecular flexibility index (Phi) is 5.09. The van der Waals surface area contributed by atoms with Gasteiger partial charge >= 0.3 is 0 Å². The molecule has 1 fully saturated rings. The molecular formula is C13H21FN2. The highest BCUT2D eigenvalue weighted by atomic mass is 19.1. The summed E-state index contributed by atoms with van der Waals surface area (Å²) in [5.74, 6) is -0.202. The highest BCUT2D eigenvalue weighted by Gasteiger charge is 2.16. The largest absolute Gasteiger partial charge is 0.397 e. The lowest BCUT2D eigenvalue weighted by atomic mass is 10.1. The van der Waals surface area contributed by atoms with E-state index in [9.17, 15) is 4.39 Å². The van der Waals surface area contributed by atoms with Gasteiger partial charge in [-0.15, -0.1) is 0 Å². The van der Waals surface area contributed by atoms with E-state index in [1.54, 1.807) is 12.1 Å². The molecule has 16 heavy (non-hydrogen) atoms. The third kappa shape index (κ3) is 2.87. The summed E-state index contributed by atoms with van der Waals surface area (Å²) in [6.45, 7) is 5.84. The predicted octanol–water partition coefficient (Wildman–Crippen LogP) is 3.42. The summed E-state index contributed by atoms with van der Waals surface area (Å²) in [4.78, 5) is 2.05. The molecule has 1 aliphatic heterocycles. The Labute approximate surface area is 97.3 Å². The number of piperidine rings is 1. The van der Waals surface area contributed by atoms with E-state index in [1.807, 2.05) is 18.7 Å². The molecule has 0 bridgehead atoms. The van der Waals surface area contributed by atoms with Gasteiger partial charge in [0.2, 0.25) is 0 Å². The Hall–Kier alpha value is -1.25. The maximum atomic E-state index is 13.5. The summed E-state index contributed by atoms with van der Waals surface area (Å²) in [6.07, 6.45) is 3.51. The summed E-state index contributed by atoms with van der Waals surface area (Å²) < 4.78 is 13.5. The maximum Gasteiger partial charge on any atom is 0.148 e. The van der Waals surface area contributed by atoms with Gasteiger partial charge in [-0.2, -0.15) is 0 Å². The number of anilines is 2. The van der Waals surface area contributed by atoms with E-state index in [1.165, 1.54) is 12.5 Å². The highest BCUT2D eigenvalue weighted by molar-refractivity contribution is 5.68. The molecule has 0 saturated carbocycles. The fourth-order valence-corrected chi connectivity index (χ4v) is 1.98. The van der Waals surface area contributed by atoms with Crippen molar-refractivity contribution in [3.8, 4) is 0 Å². The molecule has 1 aromatic carbocycles. The first-order valence-electron chi connectivity index (χ1n) is 6.08. The molecule has 1 saturated heterocycles. The topological polar surface area (TPSA) is 29.3 Å². The molecule has 0 unspecified atom stereocenters. The van der Waals surface area contributed by atoms with Crippen molar-refractivity contribution < 1.29 is 4.39 Å². The lowest BCUT2D eigenvalue weighted by Crippen LogP contribution is -2.30. The van der Waals surface area contributed by atoms with E-state index in [0.717, 1.165) is 25.9 Å². The molecule has 0 aliphatic carbocycles. The maximum absolute atomic E-state index is 13.5. The first-order valence-corrected chi connectivity index (χ1v) is 6.08. The molecule has 2 N–H and O–H groups in total. The van der Waals surface area contributed by atoms with Gasteiger partial charge in [-0.3, -0.25) is 0 Å². The number of nitrogens with two attached hydrogens (primary N) is 1. The van der Waals surface area contributed by atoms with E-state index in [-0.39, 0.29) is 5.82 Å². The molecule has 3 heteroatoms. The first-order chi connectivity index (χ1) is 7.79. The summed E-state index contributed by atoms with van der Waals surface area (Å²) in [5.41, 5.74) is 6.91. The van der Waals surface area contributed by atoms with E-state index >= 15 is 0 Å². The fraction of sp³-hybridized carbons (Fsp3) is 0.538. The van der Waals surface area contributed by atoms with Crippen LogP contribution in [0.2, 0.25) is 0 Å². The predicted molar refractivity (Wildman–Crippen MR) is 68.2 cm³/mol. The lowest BCUT2D eigenvalue weighted by Gasteiger charge is -2.29. The molecule has 2 nitrogen and oxygen atoms in total. The molecular weight excluding hydrogens is 203 g/mol. The van der Waals surface area contributed by atoms with Gasteiger partial charge < -0.3 is 10.6 Å². The zero-order chi connectivity index (χ0) is 12.0. The minimum atomic E-state index is -0.202. The van der Waals surface area contributed by atoms with Gasteiger partial charge in [0.1, 0.15) is 5.82 Å². The van der Waals surface area contributed by atoms with Gasteiger partial charge in [-0.1, -0.05) is 19.9 Å².